The summed E-state index contributed by atoms with van der Waals surface area (Å²) in [7, 11) is 1.25. The van der Waals surface area contributed by atoms with Crippen LogP contribution in [0.15, 0.2) is 12.5 Å². The molecule has 0 N–H and O–H groups in total. The van der Waals surface area contributed by atoms with E-state index in [1.807, 2.05) is 0 Å². The Balaban J connectivity index is 2.95. The molecule has 1 atom stereocenters. The van der Waals surface area contributed by atoms with E-state index in [4.69, 9.17) is 0 Å². The van der Waals surface area contributed by atoms with Crippen LogP contribution in [0.1, 0.15) is 18.5 Å². The van der Waals surface area contributed by atoms with Gasteiger partial charge < -0.3 is 4.74 Å². The van der Waals surface area contributed by atoms with Crippen molar-refractivity contribution in [3.05, 3.63) is 24.0 Å². The third kappa shape index (κ3) is 1.99. The van der Waals surface area contributed by atoms with Crippen molar-refractivity contribution in [3.8, 4) is 0 Å². The van der Waals surface area contributed by atoms with E-state index in [1.54, 1.807) is 0 Å². The summed E-state index contributed by atoms with van der Waals surface area (Å²) in [6.07, 6.45) is 2.21. The molecule has 0 aliphatic heterocycles. The fraction of sp³-hybridized carbons (Fsp3) is 0.375. The highest BCUT2D eigenvalue weighted by molar-refractivity contribution is 5.76. The minimum atomic E-state index is -0.701. The molecule has 0 radical (unpaired) electrons. The minimum absolute atomic E-state index is 0.0573. The first kappa shape index (κ1) is 9.57. The molecule has 0 aliphatic carbocycles. The number of ether oxygens (including phenoxy) is 1. The van der Waals surface area contributed by atoms with Crippen molar-refractivity contribution in [2.45, 2.75) is 12.8 Å². The van der Waals surface area contributed by atoms with Gasteiger partial charge in [-0.05, 0) is 6.92 Å². The lowest BCUT2D eigenvalue weighted by Crippen LogP contribution is -2.14. The summed E-state index contributed by atoms with van der Waals surface area (Å²) in [5, 5.41) is 0. The van der Waals surface area contributed by atoms with Crippen LogP contribution in [-0.2, 0) is 9.53 Å². The molecule has 0 spiro atoms. The van der Waals surface area contributed by atoms with Gasteiger partial charge in [-0.1, -0.05) is 0 Å². The number of rotatable bonds is 2. The summed E-state index contributed by atoms with van der Waals surface area (Å²) in [6, 6.07) is 0. The maximum atomic E-state index is 13.0. The first-order chi connectivity index (χ1) is 6.16. The standard InChI is InChI=1S/C8H9FN2O2/c1-5(8(12)13-2)7-6(9)3-10-4-11-7/h3-5H,1-2H3. The number of carbonyl (C=O) groups is 1. The van der Waals surface area contributed by atoms with Crippen LogP contribution in [0.2, 0.25) is 0 Å². The van der Waals surface area contributed by atoms with Gasteiger partial charge in [-0.15, -0.1) is 0 Å². The zero-order chi connectivity index (χ0) is 9.84. The summed E-state index contributed by atoms with van der Waals surface area (Å²) < 4.78 is 17.5. The molecule has 1 heterocycles. The van der Waals surface area contributed by atoms with Crippen molar-refractivity contribution in [1.82, 2.24) is 9.97 Å². The van der Waals surface area contributed by atoms with Crippen molar-refractivity contribution in [1.29, 1.82) is 0 Å². The second kappa shape index (κ2) is 3.93. The van der Waals surface area contributed by atoms with Crippen LogP contribution >= 0.6 is 0 Å². The molecule has 1 rings (SSSR count). The molecule has 0 fully saturated rings. The number of halogens is 1. The fourth-order valence-electron chi connectivity index (χ4n) is 0.929. The number of methoxy groups -OCH3 is 1. The van der Waals surface area contributed by atoms with Crippen LogP contribution in [0.25, 0.3) is 0 Å². The number of nitrogens with zero attached hydrogens (tertiary/aromatic N) is 2. The van der Waals surface area contributed by atoms with Gasteiger partial charge in [-0.2, -0.15) is 0 Å². The number of hydrogen-bond acceptors (Lipinski definition) is 4. The van der Waals surface area contributed by atoms with Gasteiger partial charge in [0.2, 0.25) is 0 Å². The molecule has 13 heavy (non-hydrogen) atoms. The van der Waals surface area contributed by atoms with Gasteiger partial charge in [-0.25, -0.2) is 14.4 Å². The molecule has 0 aromatic carbocycles. The smallest absolute Gasteiger partial charge is 0.314 e. The molecule has 0 bridgehead atoms. The van der Waals surface area contributed by atoms with Crippen LogP contribution in [0.3, 0.4) is 0 Å². The predicted octanol–water partition coefficient (Wildman–Crippen LogP) is 0.892. The predicted molar refractivity (Wildman–Crippen MR) is 42.4 cm³/mol. The number of carbonyl (C=O) groups excluding carboxylic acids is 1. The minimum Gasteiger partial charge on any atom is -0.469 e. The zero-order valence-electron chi connectivity index (χ0n) is 7.32. The largest absolute Gasteiger partial charge is 0.469 e. The number of hydrogen-bond donors (Lipinski definition) is 0. The van der Waals surface area contributed by atoms with Crippen LogP contribution in [0.5, 0.6) is 0 Å². The lowest BCUT2D eigenvalue weighted by molar-refractivity contribution is -0.142. The van der Waals surface area contributed by atoms with Crippen molar-refractivity contribution < 1.29 is 13.9 Å². The average Bonchev–Trinajstić information content (AvgIpc) is 2.16. The SMILES string of the molecule is COC(=O)C(C)c1ncncc1F. The molecular formula is C8H9FN2O2. The molecule has 1 aromatic heterocycles. The monoisotopic (exact) mass is 184 g/mol. The quantitative estimate of drug-likeness (QED) is 0.640. The summed E-state index contributed by atoms with van der Waals surface area (Å²) in [6.45, 7) is 1.53. The Bertz CT molecular complexity index is 317. The van der Waals surface area contributed by atoms with E-state index >= 15 is 0 Å². The maximum Gasteiger partial charge on any atom is 0.314 e. The normalized spacial score (nSPS) is 12.2. The van der Waals surface area contributed by atoms with E-state index in [9.17, 15) is 9.18 Å². The van der Waals surface area contributed by atoms with E-state index in [0.717, 1.165) is 6.20 Å². The van der Waals surface area contributed by atoms with Crippen LogP contribution in [-0.4, -0.2) is 23.0 Å². The molecule has 0 amide bonds. The van der Waals surface area contributed by atoms with Gasteiger partial charge in [0.1, 0.15) is 6.33 Å². The van der Waals surface area contributed by atoms with Crippen LogP contribution in [0, 0.1) is 5.82 Å². The highest BCUT2D eigenvalue weighted by Gasteiger charge is 2.20. The van der Waals surface area contributed by atoms with Gasteiger partial charge in [0.05, 0.1) is 24.9 Å². The Kier molecular flexibility index (Phi) is 2.89. The van der Waals surface area contributed by atoms with Crippen molar-refractivity contribution in [2.24, 2.45) is 0 Å². The van der Waals surface area contributed by atoms with Crippen LogP contribution < -0.4 is 0 Å². The second-order valence-corrected chi connectivity index (χ2v) is 2.50. The second-order valence-electron chi connectivity index (χ2n) is 2.50. The molecule has 0 aliphatic rings. The number of aromatic nitrogens is 2. The van der Waals surface area contributed by atoms with Crippen LogP contribution in [0.4, 0.5) is 4.39 Å². The molecule has 0 saturated carbocycles. The first-order valence-electron chi connectivity index (χ1n) is 3.70. The highest BCUT2D eigenvalue weighted by atomic mass is 19.1. The van der Waals surface area contributed by atoms with E-state index in [0.29, 0.717) is 0 Å². The molecule has 1 aromatic rings. The zero-order valence-corrected chi connectivity index (χ0v) is 7.32. The van der Waals surface area contributed by atoms with E-state index in [1.165, 1.54) is 20.4 Å². The molecule has 70 valence electrons. The van der Waals surface area contributed by atoms with Gasteiger partial charge in [-0.3, -0.25) is 4.79 Å². The number of esters is 1. The fourth-order valence-corrected chi connectivity index (χ4v) is 0.929. The molecule has 0 saturated heterocycles. The van der Waals surface area contributed by atoms with Gasteiger partial charge >= 0.3 is 5.97 Å². The molecular weight excluding hydrogens is 175 g/mol. The van der Waals surface area contributed by atoms with Gasteiger partial charge in [0, 0.05) is 0 Å². The van der Waals surface area contributed by atoms with Crippen molar-refractivity contribution >= 4 is 5.97 Å². The Labute approximate surface area is 74.8 Å². The lowest BCUT2D eigenvalue weighted by atomic mass is 10.1. The summed E-state index contributed by atoms with van der Waals surface area (Å²) in [5.41, 5.74) is 0.0573. The summed E-state index contributed by atoms with van der Waals surface area (Å²) in [4.78, 5) is 18.1. The average molecular weight is 184 g/mol. The Hall–Kier alpha value is -1.52. The first-order valence-corrected chi connectivity index (χ1v) is 3.70. The van der Waals surface area contributed by atoms with E-state index < -0.39 is 17.7 Å². The molecule has 5 heteroatoms. The topological polar surface area (TPSA) is 52.1 Å². The van der Waals surface area contributed by atoms with E-state index in [2.05, 4.69) is 14.7 Å². The van der Waals surface area contributed by atoms with Gasteiger partial charge in [0.25, 0.3) is 0 Å². The lowest BCUT2D eigenvalue weighted by Gasteiger charge is -2.07. The molecule has 4 nitrogen and oxygen atoms in total. The summed E-state index contributed by atoms with van der Waals surface area (Å²) >= 11 is 0. The Morgan fingerprint density at radius 2 is 2.38 bits per heavy atom. The highest BCUT2D eigenvalue weighted by Crippen LogP contribution is 2.15. The van der Waals surface area contributed by atoms with Gasteiger partial charge in [0.15, 0.2) is 5.82 Å². The maximum absolute atomic E-state index is 13.0. The third-order valence-corrected chi connectivity index (χ3v) is 1.66. The molecule has 1 unspecified atom stereocenters. The Morgan fingerprint density at radius 1 is 1.69 bits per heavy atom. The van der Waals surface area contributed by atoms with Crippen molar-refractivity contribution in [3.63, 3.8) is 0 Å². The summed E-state index contributed by atoms with van der Waals surface area (Å²) in [5.74, 6) is -1.81. The van der Waals surface area contributed by atoms with Crippen molar-refractivity contribution in [2.75, 3.05) is 7.11 Å². The Morgan fingerprint density at radius 3 is 2.92 bits per heavy atom. The van der Waals surface area contributed by atoms with E-state index in [-0.39, 0.29) is 5.69 Å². The third-order valence-electron chi connectivity index (χ3n) is 1.66.